The predicted octanol–water partition coefficient (Wildman–Crippen LogP) is 2.94. The summed E-state index contributed by atoms with van der Waals surface area (Å²) in [6, 6.07) is 12.5. The average Bonchev–Trinajstić information content (AvgIpc) is 3.33. The Bertz CT molecular complexity index is 1300. The van der Waals surface area contributed by atoms with E-state index >= 15 is 0 Å². The van der Waals surface area contributed by atoms with Crippen LogP contribution in [0.2, 0.25) is 0 Å². The monoisotopic (exact) mass is 449 g/mol. The Balaban J connectivity index is 1.49. The van der Waals surface area contributed by atoms with Gasteiger partial charge in [-0.3, -0.25) is 23.5 Å². The van der Waals surface area contributed by atoms with Crippen LogP contribution in [-0.4, -0.2) is 39.4 Å². The van der Waals surface area contributed by atoms with Gasteiger partial charge >= 0.3 is 11.7 Å². The fraction of sp³-hybridized carbons (Fsp3) is 0.360. The summed E-state index contributed by atoms with van der Waals surface area (Å²) >= 11 is 0. The number of imidazole rings is 1. The van der Waals surface area contributed by atoms with Gasteiger partial charge in [-0.05, 0) is 55.7 Å². The van der Waals surface area contributed by atoms with Gasteiger partial charge in [0.05, 0.1) is 11.0 Å². The lowest BCUT2D eigenvalue weighted by Crippen LogP contribution is -2.31. The minimum Gasteiger partial charge on any atom is -0.453 e. The highest BCUT2D eigenvalue weighted by Crippen LogP contribution is 2.29. The van der Waals surface area contributed by atoms with Gasteiger partial charge in [-0.1, -0.05) is 19.1 Å². The molecule has 2 heterocycles. The number of benzene rings is 2. The zero-order chi connectivity index (χ0) is 23.7. The number of hydrogen-bond acceptors (Lipinski definition) is 5. The number of carbonyl (C=O) groups is 3. The Morgan fingerprint density at radius 2 is 1.76 bits per heavy atom. The summed E-state index contributed by atoms with van der Waals surface area (Å²) in [6.45, 7) is 5.89. The van der Waals surface area contributed by atoms with Crippen molar-refractivity contribution in [2.45, 2.75) is 52.8 Å². The largest absolute Gasteiger partial charge is 0.453 e. The number of aryl methyl sites for hydroxylation is 1. The van der Waals surface area contributed by atoms with Crippen molar-refractivity contribution in [1.82, 2.24) is 9.13 Å². The van der Waals surface area contributed by atoms with Crippen LogP contribution in [0.25, 0.3) is 11.0 Å². The number of fused-ring (bicyclic) bond motifs is 2. The lowest BCUT2D eigenvalue weighted by molar-refractivity contribution is -0.147. The minimum absolute atomic E-state index is 0.0364. The molecule has 0 aliphatic carbocycles. The van der Waals surface area contributed by atoms with E-state index in [0.29, 0.717) is 30.6 Å². The third-order valence-electron chi connectivity index (χ3n) is 5.98. The molecule has 8 heteroatoms. The lowest BCUT2D eigenvalue weighted by atomic mass is 10.0. The first-order valence-corrected chi connectivity index (χ1v) is 11.1. The number of ketones is 1. The molecular weight excluding hydrogens is 422 g/mol. The van der Waals surface area contributed by atoms with Crippen molar-refractivity contribution in [1.29, 1.82) is 0 Å². The van der Waals surface area contributed by atoms with E-state index in [0.717, 1.165) is 23.2 Å². The molecule has 1 amide bonds. The molecule has 3 aromatic rings. The maximum atomic E-state index is 12.9. The molecular formula is C25H27N3O5. The van der Waals surface area contributed by atoms with E-state index in [1.165, 1.54) is 18.4 Å². The summed E-state index contributed by atoms with van der Waals surface area (Å²) in [5.74, 6) is -1.01. The van der Waals surface area contributed by atoms with Crippen LogP contribution >= 0.6 is 0 Å². The second-order valence-corrected chi connectivity index (χ2v) is 8.27. The molecule has 0 spiro atoms. The van der Waals surface area contributed by atoms with E-state index in [1.807, 2.05) is 25.1 Å². The zero-order valence-corrected chi connectivity index (χ0v) is 19.0. The number of ether oxygens (including phenoxy) is 1. The summed E-state index contributed by atoms with van der Waals surface area (Å²) in [4.78, 5) is 51.8. The quantitative estimate of drug-likeness (QED) is 0.409. The molecule has 0 saturated carbocycles. The van der Waals surface area contributed by atoms with Gasteiger partial charge in [-0.2, -0.15) is 0 Å². The normalized spacial score (nSPS) is 13.7. The number of Topliss-reactive ketones (excluding diaryl/α,β-unsaturated/α-hetero) is 1. The fourth-order valence-corrected chi connectivity index (χ4v) is 4.40. The molecule has 1 atom stereocenters. The number of anilines is 1. The van der Waals surface area contributed by atoms with E-state index < -0.39 is 12.1 Å². The second-order valence-electron chi connectivity index (χ2n) is 8.27. The van der Waals surface area contributed by atoms with Gasteiger partial charge in [0.25, 0.3) is 0 Å². The predicted molar refractivity (Wildman–Crippen MR) is 125 cm³/mol. The van der Waals surface area contributed by atoms with Crippen LogP contribution in [0, 0.1) is 0 Å². The standard InChI is InChI=1S/C25H27N3O5/c1-4-12-27-21-7-5-6-8-22(21)28(25(27)32)15-23(30)33-16(2)24(31)19-9-10-20-18(14-19)11-13-26(20)17(3)29/h5-10,14,16H,4,11-13,15H2,1-3H3. The van der Waals surface area contributed by atoms with Gasteiger partial charge in [0.1, 0.15) is 6.54 Å². The van der Waals surface area contributed by atoms with Crippen molar-refractivity contribution in [3.8, 4) is 0 Å². The minimum atomic E-state index is -0.999. The Morgan fingerprint density at radius 1 is 1.06 bits per heavy atom. The van der Waals surface area contributed by atoms with Crippen molar-refractivity contribution in [2.75, 3.05) is 11.4 Å². The Kier molecular flexibility index (Phi) is 6.18. The number of para-hydroxylation sites is 2. The van der Waals surface area contributed by atoms with Crippen molar-refractivity contribution >= 4 is 34.4 Å². The first kappa shape index (κ1) is 22.5. The number of carbonyl (C=O) groups excluding carboxylic acids is 3. The third kappa shape index (κ3) is 4.20. The van der Waals surface area contributed by atoms with Crippen LogP contribution in [0.3, 0.4) is 0 Å². The third-order valence-corrected chi connectivity index (χ3v) is 5.98. The van der Waals surface area contributed by atoms with Crippen LogP contribution < -0.4 is 10.6 Å². The Labute approximate surface area is 191 Å². The van der Waals surface area contributed by atoms with E-state index in [4.69, 9.17) is 4.74 Å². The summed E-state index contributed by atoms with van der Waals surface area (Å²) in [6.07, 6.45) is 0.463. The van der Waals surface area contributed by atoms with Crippen molar-refractivity contribution < 1.29 is 19.1 Å². The number of rotatable bonds is 7. The van der Waals surface area contributed by atoms with E-state index in [2.05, 4.69) is 0 Å². The molecule has 0 radical (unpaired) electrons. The molecule has 8 nitrogen and oxygen atoms in total. The molecule has 0 fully saturated rings. The summed E-state index contributed by atoms with van der Waals surface area (Å²) in [5, 5.41) is 0. The summed E-state index contributed by atoms with van der Waals surface area (Å²) < 4.78 is 8.43. The topological polar surface area (TPSA) is 90.6 Å². The van der Waals surface area contributed by atoms with Gasteiger partial charge < -0.3 is 9.64 Å². The molecule has 0 N–H and O–H groups in total. The van der Waals surface area contributed by atoms with Crippen LogP contribution in [0.15, 0.2) is 47.3 Å². The van der Waals surface area contributed by atoms with Crippen molar-refractivity contribution in [3.63, 3.8) is 0 Å². The Morgan fingerprint density at radius 3 is 2.42 bits per heavy atom. The average molecular weight is 450 g/mol. The number of amides is 1. The lowest BCUT2D eigenvalue weighted by Gasteiger charge is -2.16. The highest BCUT2D eigenvalue weighted by molar-refractivity contribution is 6.02. The highest BCUT2D eigenvalue weighted by Gasteiger charge is 2.26. The maximum Gasteiger partial charge on any atom is 0.329 e. The van der Waals surface area contributed by atoms with E-state index in [9.17, 15) is 19.2 Å². The maximum absolute atomic E-state index is 12.9. The van der Waals surface area contributed by atoms with Crippen molar-refractivity contribution in [3.05, 3.63) is 64.1 Å². The molecule has 2 aromatic carbocycles. The molecule has 0 bridgehead atoms. The number of hydrogen-bond donors (Lipinski definition) is 0. The van der Waals surface area contributed by atoms with Crippen molar-refractivity contribution in [2.24, 2.45) is 0 Å². The fourth-order valence-electron chi connectivity index (χ4n) is 4.40. The molecule has 172 valence electrons. The molecule has 1 aromatic heterocycles. The van der Waals surface area contributed by atoms with Crippen LogP contribution in [0.5, 0.6) is 0 Å². The second kappa shape index (κ2) is 9.05. The number of aromatic nitrogens is 2. The van der Waals surface area contributed by atoms with Gasteiger partial charge in [0.2, 0.25) is 11.7 Å². The zero-order valence-electron chi connectivity index (χ0n) is 19.0. The first-order chi connectivity index (χ1) is 15.8. The van der Waals surface area contributed by atoms with Gasteiger partial charge in [0.15, 0.2) is 6.10 Å². The smallest absolute Gasteiger partial charge is 0.329 e. The molecule has 0 saturated heterocycles. The molecule has 1 aliphatic rings. The van der Waals surface area contributed by atoms with E-state index in [-0.39, 0.29) is 23.9 Å². The molecule has 4 rings (SSSR count). The van der Waals surface area contributed by atoms with E-state index in [1.54, 1.807) is 33.7 Å². The highest BCUT2D eigenvalue weighted by atomic mass is 16.5. The SMILES string of the molecule is CCCn1c(=O)n(CC(=O)OC(C)C(=O)c2ccc3c(c2)CCN3C(C)=O)c2ccccc21. The molecule has 1 aliphatic heterocycles. The summed E-state index contributed by atoms with van der Waals surface area (Å²) in [5.41, 5.74) is 3.30. The van der Waals surface area contributed by atoms with Crippen LogP contribution in [0.1, 0.15) is 43.1 Å². The van der Waals surface area contributed by atoms with Gasteiger partial charge in [0, 0.05) is 31.3 Å². The first-order valence-electron chi connectivity index (χ1n) is 11.1. The summed E-state index contributed by atoms with van der Waals surface area (Å²) in [7, 11) is 0. The van der Waals surface area contributed by atoms with Gasteiger partial charge in [-0.25, -0.2) is 4.79 Å². The molecule has 33 heavy (non-hydrogen) atoms. The number of nitrogens with zero attached hydrogens (tertiary/aromatic N) is 3. The van der Waals surface area contributed by atoms with Gasteiger partial charge in [-0.15, -0.1) is 0 Å². The van der Waals surface area contributed by atoms with Crippen LogP contribution in [0.4, 0.5) is 5.69 Å². The Hall–Kier alpha value is -3.68. The molecule has 1 unspecified atom stereocenters. The van der Waals surface area contributed by atoms with Crippen LogP contribution in [-0.2, 0) is 33.8 Å². The number of esters is 1.